The highest BCUT2D eigenvalue weighted by Gasteiger charge is 2.37. The Morgan fingerprint density at radius 3 is 2.30 bits per heavy atom. The lowest BCUT2D eigenvalue weighted by Gasteiger charge is -2.23. The second kappa shape index (κ2) is 11.4. The highest BCUT2D eigenvalue weighted by atomic mass is 16.5. The van der Waals surface area contributed by atoms with Crippen LogP contribution in [0.5, 0.6) is 0 Å². The molecule has 0 aromatic carbocycles. The lowest BCUT2D eigenvalue weighted by Crippen LogP contribution is -2.37. The summed E-state index contributed by atoms with van der Waals surface area (Å²) in [5.41, 5.74) is 0. The summed E-state index contributed by atoms with van der Waals surface area (Å²) in [4.78, 5) is 24.8. The summed E-state index contributed by atoms with van der Waals surface area (Å²) in [6.45, 7) is 2.51. The van der Waals surface area contributed by atoms with Gasteiger partial charge in [0.2, 0.25) is 5.91 Å². The first kappa shape index (κ1) is 19.9. The first-order valence-corrected chi connectivity index (χ1v) is 9.15. The zero-order chi connectivity index (χ0) is 17.1. The van der Waals surface area contributed by atoms with Crippen LogP contribution in [0.1, 0.15) is 77.6 Å². The van der Waals surface area contributed by atoms with Gasteiger partial charge in [0.1, 0.15) is 6.23 Å². The van der Waals surface area contributed by atoms with E-state index in [2.05, 4.69) is 11.7 Å². The summed E-state index contributed by atoms with van der Waals surface area (Å²) < 4.78 is 4.67. The number of esters is 1. The fraction of sp³-hybridized carbons (Fsp3) is 0.889. The van der Waals surface area contributed by atoms with Crippen LogP contribution < -0.4 is 0 Å². The molecule has 2 unspecified atom stereocenters. The molecule has 0 spiro atoms. The van der Waals surface area contributed by atoms with Gasteiger partial charge in [-0.3, -0.25) is 9.59 Å². The van der Waals surface area contributed by atoms with Crippen LogP contribution in [0, 0.1) is 5.92 Å². The molecule has 1 heterocycles. The Labute approximate surface area is 140 Å². The minimum atomic E-state index is -0.762. The van der Waals surface area contributed by atoms with E-state index in [0.717, 1.165) is 12.8 Å². The van der Waals surface area contributed by atoms with E-state index in [1.165, 1.54) is 57.0 Å². The van der Waals surface area contributed by atoms with E-state index < -0.39 is 12.1 Å². The normalized spacial score (nSPS) is 19.2. The molecule has 1 aliphatic rings. The monoisotopic (exact) mass is 327 g/mol. The third-order valence-corrected chi connectivity index (χ3v) is 4.62. The molecule has 0 aromatic rings. The second-order valence-electron chi connectivity index (χ2n) is 6.57. The predicted octanol–water partition coefficient (Wildman–Crippen LogP) is 3.25. The third-order valence-electron chi connectivity index (χ3n) is 4.62. The van der Waals surface area contributed by atoms with Gasteiger partial charge in [0.25, 0.3) is 0 Å². The Morgan fingerprint density at radius 2 is 1.74 bits per heavy atom. The molecule has 134 valence electrons. The predicted molar refractivity (Wildman–Crippen MR) is 89.7 cm³/mol. The van der Waals surface area contributed by atoms with Gasteiger partial charge in [0.05, 0.1) is 13.0 Å². The Hall–Kier alpha value is -1.10. The highest BCUT2D eigenvalue weighted by Crippen LogP contribution is 2.22. The molecule has 5 heteroatoms. The Balaban J connectivity index is 2.09. The standard InChI is InChI=1S/C18H33NO4/c1-3-4-5-6-7-8-9-10-11-12-16(20)19-14-15(13-17(19)21)18(22)23-2/h15-16,20H,3-14H2,1-2H3. The Bertz CT molecular complexity index is 359. The number of rotatable bonds is 12. The number of carbonyl (C=O) groups excluding carboxylic acids is 2. The summed E-state index contributed by atoms with van der Waals surface area (Å²) in [7, 11) is 1.33. The lowest BCUT2D eigenvalue weighted by molar-refractivity contribution is -0.145. The van der Waals surface area contributed by atoms with E-state index >= 15 is 0 Å². The SMILES string of the molecule is CCCCCCCCCCCC(O)N1CC(C(=O)OC)CC1=O. The van der Waals surface area contributed by atoms with Crippen molar-refractivity contribution in [3.63, 3.8) is 0 Å². The number of aliphatic hydroxyl groups excluding tert-OH is 1. The van der Waals surface area contributed by atoms with E-state index in [9.17, 15) is 14.7 Å². The molecule has 0 saturated carbocycles. The molecule has 0 aliphatic carbocycles. The zero-order valence-corrected chi connectivity index (χ0v) is 14.8. The average Bonchev–Trinajstić information content (AvgIpc) is 2.94. The van der Waals surface area contributed by atoms with Crippen LogP contribution in [0.25, 0.3) is 0 Å². The van der Waals surface area contributed by atoms with Crippen molar-refractivity contribution in [3.8, 4) is 0 Å². The molecule has 1 N–H and O–H groups in total. The first-order chi connectivity index (χ1) is 11.1. The Morgan fingerprint density at radius 1 is 1.17 bits per heavy atom. The van der Waals surface area contributed by atoms with Crippen molar-refractivity contribution in [2.75, 3.05) is 13.7 Å². The number of unbranched alkanes of at least 4 members (excludes halogenated alkanes) is 8. The smallest absolute Gasteiger partial charge is 0.310 e. The van der Waals surface area contributed by atoms with Gasteiger partial charge in [0, 0.05) is 13.0 Å². The van der Waals surface area contributed by atoms with Crippen molar-refractivity contribution in [3.05, 3.63) is 0 Å². The largest absolute Gasteiger partial charge is 0.469 e. The van der Waals surface area contributed by atoms with Crippen LogP contribution in [-0.4, -0.2) is 41.8 Å². The van der Waals surface area contributed by atoms with Gasteiger partial charge in [-0.2, -0.15) is 0 Å². The fourth-order valence-electron chi connectivity index (χ4n) is 3.14. The van der Waals surface area contributed by atoms with E-state index in [1.807, 2.05) is 0 Å². The van der Waals surface area contributed by atoms with Gasteiger partial charge in [-0.25, -0.2) is 0 Å². The highest BCUT2D eigenvalue weighted by molar-refractivity contribution is 5.86. The number of amides is 1. The number of hydrogen-bond donors (Lipinski definition) is 1. The van der Waals surface area contributed by atoms with E-state index in [0.29, 0.717) is 6.42 Å². The van der Waals surface area contributed by atoms with Gasteiger partial charge >= 0.3 is 5.97 Å². The van der Waals surface area contributed by atoms with Gasteiger partial charge in [-0.15, -0.1) is 0 Å². The zero-order valence-electron chi connectivity index (χ0n) is 14.8. The van der Waals surface area contributed by atoms with E-state index in [4.69, 9.17) is 0 Å². The van der Waals surface area contributed by atoms with Crippen molar-refractivity contribution in [2.45, 2.75) is 83.8 Å². The van der Waals surface area contributed by atoms with Crippen molar-refractivity contribution < 1.29 is 19.4 Å². The maximum Gasteiger partial charge on any atom is 0.310 e. The van der Waals surface area contributed by atoms with Crippen LogP contribution in [0.4, 0.5) is 0 Å². The molecule has 1 amide bonds. The molecule has 5 nitrogen and oxygen atoms in total. The van der Waals surface area contributed by atoms with Crippen molar-refractivity contribution in [2.24, 2.45) is 5.92 Å². The third kappa shape index (κ3) is 7.34. The maximum atomic E-state index is 11.9. The van der Waals surface area contributed by atoms with Gasteiger partial charge < -0.3 is 14.7 Å². The van der Waals surface area contributed by atoms with Gasteiger partial charge in [0.15, 0.2) is 0 Å². The maximum absolute atomic E-state index is 11.9. The second-order valence-corrected chi connectivity index (χ2v) is 6.57. The molecule has 1 fully saturated rings. The molecule has 2 atom stereocenters. The number of carbonyl (C=O) groups is 2. The fourth-order valence-corrected chi connectivity index (χ4v) is 3.14. The summed E-state index contributed by atoms with van der Waals surface area (Å²) in [5, 5.41) is 10.1. The summed E-state index contributed by atoms with van der Waals surface area (Å²) >= 11 is 0. The minimum absolute atomic E-state index is 0.149. The van der Waals surface area contributed by atoms with Gasteiger partial charge in [-0.1, -0.05) is 58.3 Å². The molecule has 1 rings (SSSR count). The molecule has 1 saturated heterocycles. The van der Waals surface area contributed by atoms with Crippen LogP contribution in [-0.2, 0) is 14.3 Å². The molecule has 0 radical (unpaired) electrons. The van der Waals surface area contributed by atoms with Crippen molar-refractivity contribution in [1.82, 2.24) is 4.90 Å². The quantitative estimate of drug-likeness (QED) is 0.441. The topological polar surface area (TPSA) is 66.8 Å². The average molecular weight is 327 g/mol. The molecule has 0 bridgehead atoms. The molecular formula is C18H33NO4. The number of nitrogens with zero attached hydrogens (tertiary/aromatic N) is 1. The Kier molecular flexibility index (Phi) is 9.92. The molecule has 1 aliphatic heterocycles. The molecular weight excluding hydrogens is 294 g/mol. The van der Waals surface area contributed by atoms with Crippen LogP contribution in [0.2, 0.25) is 0 Å². The lowest BCUT2D eigenvalue weighted by atomic mass is 10.1. The molecule has 0 aromatic heterocycles. The number of methoxy groups -OCH3 is 1. The van der Waals surface area contributed by atoms with E-state index in [-0.39, 0.29) is 24.8 Å². The van der Waals surface area contributed by atoms with Crippen molar-refractivity contribution >= 4 is 11.9 Å². The van der Waals surface area contributed by atoms with E-state index in [1.54, 1.807) is 0 Å². The van der Waals surface area contributed by atoms with Crippen LogP contribution >= 0.6 is 0 Å². The van der Waals surface area contributed by atoms with Gasteiger partial charge in [-0.05, 0) is 12.8 Å². The minimum Gasteiger partial charge on any atom is -0.469 e. The summed E-state index contributed by atoms with van der Waals surface area (Å²) in [6.07, 6.45) is 11.0. The molecule has 23 heavy (non-hydrogen) atoms. The summed E-state index contributed by atoms with van der Waals surface area (Å²) in [5.74, 6) is -0.940. The van der Waals surface area contributed by atoms with Crippen LogP contribution in [0.3, 0.4) is 0 Å². The number of hydrogen-bond acceptors (Lipinski definition) is 4. The number of aliphatic hydroxyl groups is 1. The first-order valence-electron chi connectivity index (χ1n) is 9.15. The summed E-state index contributed by atoms with van der Waals surface area (Å²) in [6, 6.07) is 0. The van der Waals surface area contributed by atoms with Crippen LogP contribution in [0.15, 0.2) is 0 Å². The number of likely N-dealkylation sites (tertiary alicyclic amines) is 1. The number of ether oxygens (including phenoxy) is 1. The van der Waals surface area contributed by atoms with Crippen molar-refractivity contribution in [1.29, 1.82) is 0 Å².